The van der Waals surface area contributed by atoms with Gasteiger partial charge in [0, 0.05) is 18.7 Å². The highest BCUT2D eigenvalue weighted by atomic mass is 35.5. The molecule has 0 saturated carbocycles. The summed E-state index contributed by atoms with van der Waals surface area (Å²) in [6.07, 6.45) is 1.22. The summed E-state index contributed by atoms with van der Waals surface area (Å²) in [4.78, 5) is 11.9. The Morgan fingerprint density at radius 1 is 1.37 bits per heavy atom. The molecule has 1 aromatic carbocycles. The molecule has 1 atom stereocenters. The van der Waals surface area contributed by atoms with E-state index in [1.165, 1.54) is 12.1 Å². The number of hydrogen-bond acceptors (Lipinski definition) is 3. The fourth-order valence-electron chi connectivity index (χ4n) is 1.46. The molecule has 0 bridgehead atoms. The van der Waals surface area contributed by atoms with Gasteiger partial charge in [0.25, 0.3) is 0 Å². The highest BCUT2D eigenvalue weighted by molar-refractivity contribution is 6.42. The zero-order valence-corrected chi connectivity index (χ0v) is 12.6. The van der Waals surface area contributed by atoms with Gasteiger partial charge in [-0.05, 0) is 25.0 Å². The average molecular weight is 326 g/mol. The van der Waals surface area contributed by atoms with Crippen LogP contribution in [0.4, 0.5) is 5.69 Å². The lowest BCUT2D eigenvalue weighted by atomic mass is 10.1. The highest BCUT2D eigenvalue weighted by Gasteiger charge is 2.16. The zero-order valence-electron chi connectivity index (χ0n) is 10.4. The number of benzene rings is 1. The van der Waals surface area contributed by atoms with Gasteiger partial charge in [0.2, 0.25) is 5.91 Å². The maximum atomic E-state index is 11.9. The van der Waals surface area contributed by atoms with Crippen molar-refractivity contribution in [1.82, 2.24) is 0 Å². The second-order valence-electron chi connectivity index (χ2n) is 3.98. The van der Waals surface area contributed by atoms with E-state index in [2.05, 4.69) is 5.32 Å². The van der Waals surface area contributed by atoms with Crippen molar-refractivity contribution in [2.45, 2.75) is 18.9 Å². The third-order valence-corrected chi connectivity index (χ3v) is 3.27. The first-order chi connectivity index (χ1) is 8.95. The Morgan fingerprint density at radius 2 is 1.95 bits per heavy atom. The minimum absolute atomic E-state index is 0.273. The summed E-state index contributed by atoms with van der Waals surface area (Å²) in [5.74, 6) is -0.345. The predicted molar refractivity (Wildman–Crippen MR) is 79.2 cm³/mol. The SMILES string of the molecule is COCCCC(N)C(=O)Nc1c(Cl)cc(Cl)cc1Cl. The first-order valence-electron chi connectivity index (χ1n) is 5.65. The Bertz CT molecular complexity index is 432. The van der Waals surface area contributed by atoms with E-state index >= 15 is 0 Å². The maximum Gasteiger partial charge on any atom is 0.241 e. The molecule has 0 aliphatic rings. The zero-order chi connectivity index (χ0) is 14.4. The summed E-state index contributed by atoms with van der Waals surface area (Å²) < 4.78 is 4.90. The van der Waals surface area contributed by atoms with E-state index in [0.29, 0.717) is 30.2 Å². The number of hydrogen-bond donors (Lipinski definition) is 2. The lowest BCUT2D eigenvalue weighted by Gasteiger charge is -2.14. The van der Waals surface area contributed by atoms with Crippen molar-refractivity contribution in [3.05, 3.63) is 27.2 Å². The third kappa shape index (κ3) is 5.16. The largest absolute Gasteiger partial charge is 0.385 e. The molecule has 0 aliphatic carbocycles. The Kier molecular flexibility index (Phi) is 6.89. The molecule has 1 rings (SSSR count). The van der Waals surface area contributed by atoms with Gasteiger partial charge in [-0.15, -0.1) is 0 Å². The molecule has 7 heteroatoms. The number of amides is 1. The molecule has 1 aromatic rings. The molecule has 0 spiro atoms. The molecule has 1 unspecified atom stereocenters. The van der Waals surface area contributed by atoms with Crippen LogP contribution < -0.4 is 11.1 Å². The standard InChI is InChI=1S/C12H15Cl3N2O2/c1-19-4-2-3-10(16)12(18)17-11-8(14)5-7(13)6-9(11)15/h5-6,10H,2-4,16H2,1H3,(H,17,18). The Morgan fingerprint density at radius 3 is 2.47 bits per heavy atom. The number of halogens is 3. The molecule has 0 heterocycles. The first kappa shape index (κ1) is 16.5. The molecule has 0 aromatic heterocycles. The van der Waals surface area contributed by atoms with Gasteiger partial charge in [0.05, 0.1) is 21.8 Å². The molecular weight excluding hydrogens is 311 g/mol. The summed E-state index contributed by atoms with van der Waals surface area (Å²) >= 11 is 17.7. The molecule has 0 radical (unpaired) electrons. The molecule has 19 heavy (non-hydrogen) atoms. The Balaban J connectivity index is 2.66. The second kappa shape index (κ2) is 7.92. The van der Waals surface area contributed by atoms with E-state index in [-0.39, 0.29) is 16.0 Å². The lowest BCUT2D eigenvalue weighted by Crippen LogP contribution is -2.35. The van der Waals surface area contributed by atoms with Crippen LogP contribution >= 0.6 is 34.8 Å². The Hall–Kier alpha value is -0.520. The molecule has 1 amide bonds. The summed E-state index contributed by atoms with van der Waals surface area (Å²) in [6.45, 7) is 0.559. The van der Waals surface area contributed by atoms with Crippen LogP contribution in [0.3, 0.4) is 0 Å². The van der Waals surface area contributed by atoms with Crippen LogP contribution in [0.2, 0.25) is 15.1 Å². The topological polar surface area (TPSA) is 64.3 Å². The van der Waals surface area contributed by atoms with Crippen molar-refractivity contribution in [3.63, 3.8) is 0 Å². The van der Waals surface area contributed by atoms with Crippen LogP contribution in [0.5, 0.6) is 0 Å². The highest BCUT2D eigenvalue weighted by Crippen LogP contribution is 2.33. The van der Waals surface area contributed by atoms with Crippen molar-refractivity contribution in [2.24, 2.45) is 5.73 Å². The number of carbonyl (C=O) groups is 1. The molecule has 3 N–H and O–H groups in total. The molecular formula is C12H15Cl3N2O2. The van der Waals surface area contributed by atoms with E-state index in [1.807, 2.05) is 0 Å². The van der Waals surface area contributed by atoms with Gasteiger partial charge in [-0.3, -0.25) is 4.79 Å². The number of nitrogens with two attached hydrogens (primary N) is 1. The minimum atomic E-state index is -0.641. The van der Waals surface area contributed by atoms with Crippen molar-refractivity contribution < 1.29 is 9.53 Å². The van der Waals surface area contributed by atoms with Gasteiger partial charge >= 0.3 is 0 Å². The molecule has 0 aliphatic heterocycles. The molecule has 106 valence electrons. The van der Waals surface area contributed by atoms with E-state index in [4.69, 9.17) is 45.3 Å². The van der Waals surface area contributed by atoms with E-state index in [0.717, 1.165) is 0 Å². The molecule has 0 fully saturated rings. The van der Waals surface area contributed by atoms with Gasteiger partial charge in [-0.25, -0.2) is 0 Å². The van der Waals surface area contributed by atoms with Crippen LogP contribution in [0.1, 0.15) is 12.8 Å². The third-order valence-electron chi connectivity index (χ3n) is 2.46. The fraction of sp³-hybridized carbons (Fsp3) is 0.417. The van der Waals surface area contributed by atoms with E-state index < -0.39 is 6.04 Å². The number of ether oxygens (including phenoxy) is 1. The van der Waals surface area contributed by atoms with Gasteiger partial charge in [0.15, 0.2) is 0 Å². The number of nitrogens with one attached hydrogen (secondary N) is 1. The van der Waals surface area contributed by atoms with E-state index in [9.17, 15) is 4.79 Å². The maximum absolute atomic E-state index is 11.9. The van der Waals surface area contributed by atoms with Gasteiger partial charge in [-0.2, -0.15) is 0 Å². The van der Waals surface area contributed by atoms with Gasteiger partial charge in [-0.1, -0.05) is 34.8 Å². The number of carbonyl (C=O) groups excluding carboxylic acids is 1. The first-order valence-corrected chi connectivity index (χ1v) is 6.79. The van der Waals surface area contributed by atoms with Gasteiger partial charge in [0.1, 0.15) is 0 Å². The number of anilines is 1. The average Bonchev–Trinajstić information content (AvgIpc) is 2.33. The second-order valence-corrected chi connectivity index (χ2v) is 5.23. The summed E-state index contributed by atoms with van der Waals surface area (Å²) in [6, 6.07) is 2.36. The van der Waals surface area contributed by atoms with Crippen LogP contribution in [-0.2, 0) is 9.53 Å². The van der Waals surface area contributed by atoms with Crippen LogP contribution in [0.15, 0.2) is 12.1 Å². The summed E-state index contributed by atoms with van der Waals surface area (Å²) in [7, 11) is 1.60. The van der Waals surface area contributed by atoms with Crippen LogP contribution in [0, 0.1) is 0 Å². The van der Waals surface area contributed by atoms with E-state index in [1.54, 1.807) is 7.11 Å². The van der Waals surface area contributed by atoms with Crippen molar-refractivity contribution in [3.8, 4) is 0 Å². The number of rotatable bonds is 6. The summed E-state index contributed by atoms with van der Waals surface area (Å²) in [5, 5.41) is 3.55. The minimum Gasteiger partial charge on any atom is -0.385 e. The van der Waals surface area contributed by atoms with Crippen LogP contribution in [0.25, 0.3) is 0 Å². The van der Waals surface area contributed by atoms with Crippen LogP contribution in [-0.4, -0.2) is 25.7 Å². The predicted octanol–water partition coefficient (Wildman–Crippen LogP) is 3.34. The monoisotopic (exact) mass is 324 g/mol. The quantitative estimate of drug-likeness (QED) is 0.788. The van der Waals surface area contributed by atoms with Crippen molar-refractivity contribution >= 4 is 46.4 Å². The fourth-order valence-corrected chi connectivity index (χ4v) is 2.37. The summed E-state index contributed by atoms with van der Waals surface area (Å²) in [5.41, 5.74) is 6.08. The normalized spacial score (nSPS) is 12.3. The lowest BCUT2D eigenvalue weighted by molar-refractivity contribution is -0.117. The Labute approximate surface area is 127 Å². The van der Waals surface area contributed by atoms with Gasteiger partial charge < -0.3 is 15.8 Å². The van der Waals surface area contributed by atoms with Crippen molar-refractivity contribution in [2.75, 3.05) is 19.0 Å². The molecule has 0 saturated heterocycles. The number of methoxy groups -OCH3 is 1. The van der Waals surface area contributed by atoms with Crippen molar-refractivity contribution in [1.29, 1.82) is 0 Å². The smallest absolute Gasteiger partial charge is 0.241 e. The molecule has 4 nitrogen and oxygen atoms in total.